The van der Waals surface area contributed by atoms with Gasteiger partial charge in [0.25, 0.3) is 0 Å². The predicted octanol–water partition coefficient (Wildman–Crippen LogP) is 2.59. The molecular formula is C19H23ClN2O5. The fraction of sp³-hybridized carbons (Fsp3) is 0.474. The van der Waals surface area contributed by atoms with Crippen molar-refractivity contribution in [2.75, 3.05) is 38.3 Å². The quantitative estimate of drug-likeness (QED) is 0.502. The molecule has 0 saturated heterocycles. The lowest BCUT2D eigenvalue weighted by atomic mass is 10.1. The predicted molar refractivity (Wildman–Crippen MR) is 104 cm³/mol. The van der Waals surface area contributed by atoms with E-state index in [4.69, 9.17) is 26.2 Å². The molecular weight excluding hydrogens is 372 g/mol. The van der Waals surface area contributed by atoms with Crippen LogP contribution in [0.25, 0.3) is 10.9 Å². The zero-order valence-electron chi connectivity index (χ0n) is 15.2. The van der Waals surface area contributed by atoms with Gasteiger partial charge in [-0.3, -0.25) is 4.79 Å². The molecule has 8 heteroatoms. The molecule has 1 aliphatic carbocycles. The smallest absolute Gasteiger partial charge is 0.343 e. The Labute approximate surface area is 161 Å². The van der Waals surface area contributed by atoms with E-state index in [0.717, 1.165) is 12.8 Å². The molecule has 0 amide bonds. The minimum absolute atomic E-state index is 0.0337. The summed E-state index contributed by atoms with van der Waals surface area (Å²) in [5.41, 5.74) is 0.979. The number of hydrogen-bond acceptors (Lipinski definition) is 6. The molecule has 146 valence electrons. The second kappa shape index (κ2) is 8.73. The first-order valence-corrected chi connectivity index (χ1v) is 9.42. The molecule has 0 aliphatic heterocycles. The lowest BCUT2D eigenvalue weighted by molar-refractivity contribution is 0.0524. The Morgan fingerprint density at radius 1 is 1.37 bits per heavy atom. The Kier molecular flexibility index (Phi) is 6.36. The molecule has 0 unspecified atom stereocenters. The third kappa shape index (κ3) is 4.43. The zero-order chi connectivity index (χ0) is 19.4. The number of fused-ring (bicyclic) bond motifs is 1. The van der Waals surface area contributed by atoms with Crippen molar-refractivity contribution >= 4 is 34.2 Å². The summed E-state index contributed by atoms with van der Waals surface area (Å²) in [6.45, 7) is 3.01. The maximum absolute atomic E-state index is 12.9. The highest BCUT2D eigenvalue weighted by atomic mass is 35.5. The highest BCUT2D eigenvalue weighted by Gasteiger charge is 2.27. The van der Waals surface area contributed by atoms with Crippen LogP contribution >= 0.6 is 11.6 Å². The highest BCUT2D eigenvalue weighted by Crippen LogP contribution is 2.38. The Balaban J connectivity index is 1.98. The first-order chi connectivity index (χ1) is 13.1. The van der Waals surface area contributed by atoms with E-state index < -0.39 is 5.97 Å². The molecule has 1 heterocycles. The molecule has 0 bridgehead atoms. The standard InChI is InChI=1S/C19H23ClN2O5/c1-2-27-19(25)14-11-22(12-3-4-12)17-10-15(20)16(9-13(17)18(14)24)21-5-7-26-8-6-23/h9-12,21,23H,2-8H2,1H3. The first kappa shape index (κ1) is 19.7. The molecule has 0 spiro atoms. The normalized spacial score (nSPS) is 13.7. The van der Waals surface area contributed by atoms with Crippen molar-refractivity contribution in [3.05, 3.63) is 39.1 Å². The summed E-state index contributed by atoms with van der Waals surface area (Å²) in [7, 11) is 0. The molecule has 1 aromatic heterocycles. The number of nitrogens with one attached hydrogen (secondary N) is 1. The minimum atomic E-state index is -0.610. The number of carbonyl (C=O) groups is 1. The molecule has 2 N–H and O–H groups in total. The van der Waals surface area contributed by atoms with E-state index in [2.05, 4.69) is 5.32 Å². The van der Waals surface area contributed by atoms with Crippen LogP contribution in [0.1, 0.15) is 36.2 Å². The molecule has 1 fully saturated rings. The monoisotopic (exact) mass is 394 g/mol. The van der Waals surface area contributed by atoms with Crippen LogP contribution in [0.15, 0.2) is 23.1 Å². The van der Waals surface area contributed by atoms with Crippen LogP contribution in [0.5, 0.6) is 0 Å². The van der Waals surface area contributed by atoms with Crippen molar-refractivity contribution in [3.8, 4) is 0 Å². The van der Waals surface area contributed by atoms with Gasteiger partial charge in [0.05, 0.1) is 42.7 Å². The van der Waals surface area contributed by atoms with E-state index in [1.54, 1.807) is 25.3 Å². The van der Waals surface area contributed by atoms with E-state index in [9.17, 15) is 9.59 Å². The molecule has 1 aliphatic rings. The highest BCUT2D eigenvalue weighted by molar-refractivity contribution is 6.34. The van der Waals surface area contributed by atoms with Crippen LogP contribution in [-0.2, 0) is 9.47 Å². The zero-order valence-corrected chi connectivity index (χ0v) is 15.9. The van der Waals surface area contributed by atoms with Crippen molar-refractivity contribution < 1.29 is 19.4 Å². The molecule has 0 atom stereocenters. The van der Waals surface area contributed by atoms with E-state index in [1.807, 2.05) is 4.57 Å². The van der Waals surface area contributed by atoms with Crippen molar-refractivity contribution in [3.63, 3.8) is 0 Å². The summed E-state index contributed by atoms with van der Waals surface area (Å²) in [5, 5.41) is 12.8. The Morgan fingerprint density at radius 2 is 2.15 bits per heavy atom. The second-order valence-corrected chi connectivity index (χ2v) is 6.75. The number of benzene rings is 1. The molecule has 27 heavy (non-hydrogen) atoms. The second-order valence-electron chi connectivity index (χ2n) is 6.34. The van der Waals surface area contributed by atoms with Crippen LogP contribution in [0.2, 0.25) is 5.02 Å². The molecule has 0 radical (unpaired) electrons. The van der Waals surface area contributed by atoms with Gasteiger partial charge < -0.3 is 24.5 Å². The third-order valence-corrected chi connectivity index (χ3v) is 4.67. The number of halogens is 1. The number of anilines is 1. The SMILES string of the molecule is CCOC(=O)c1cn(C2CC2)c2cc(Cl)c(NCCOCCO)cc2c1=O. The first-order valence-electron chi connectivity index (χ1n) is 9.04. The van der Waals surface area contributed by atoms with Gasteiger partial charge in [0.15, 0.2) is 0 Å². The van der Waals surface area contributed by atoms with Crippen molar-refractivity contribution in [1.29, 1.82) is 0 Å². The van der Waals surface area contributed by atoms with E-state index in [0.29, 0.717) is 34.8 Å². The number of esters is 1. The molecule has 1 aromatic carbocycles. The van der Waals surface area contributed by atoms with Gasteiger partial charge in [0, 0.05) is 24.2 Å². The van der Waals surface area contributed by atoms with E-state index >= 15 is 0 Å². The maximum atomic E-state index is 12.9. The minimum Gasteiger partial charge on any atom is -0.462 e. The van der Waals surface area contributed by atoms with Crippen molar-refractivity contribution in [2.45, 2.75) is 25.8 Å². The number of aliphatic hydroxyl groups excluding tert-OH is 1. The summed E-state index contributed by atoms with van der Waals surface area (Å²) < 4.78 is 12.2. The average molecular weight is 395 g/mol. The van der Waals surface area contributed by atoms with Crippen LogP contribution in [-0.4, -0.2) is 48.6 Å². The van der Waals surface area contributed by atoms with E-state index in [1.165, 1.54) is 0 Å². The maximum Gasteiger partial charge on any atom is 0.343 e. The number of pyridine rings is 1. The summed E-state index contributed by atoms with van der Waals surface area (Å²) in [6.07, 6.45) is 3.59. The van der Waals surface area contributed by atoms with Gasteiger partial charge in [-0.1, -0.05) is 11.6 Å². The number of nitrogens with zero attached hydrogens (tertiary/aromatic N) is 1. The van der Waals surface area contributed by atoms with Crippen LogP contribution in [0.3, 0.4) is 0 Å². The fourth-order valence-electron chi connectivity index (χ4n) is 2.94. The summed E-state index contributed by atoms with van der Waals surface area (Å²) >= 11 is 6.39. The van der Waals surface area contributed by atoms with Gasteiger partial charge in [0.1, 0.15) is 5.56 Å². The number of ether oxygens (including phenoxy) is 2. The lowest BCUT2D eigenvalue weighted by Crippen LogP contribution is -2.21. The van der Waals surface area contributed by atoms with Crippen molar-refractivity contribution in [2.24, 2.45) is 0 Å². The summed E-state index contributed by atoms with van der Waals surface area (Å²) in [5.74, 6) is -0.610. The van der Waals surface area contributed by atoms with Crippen LogP contribution < -0.4 is 10.7 Å². The van der Waals surface area contributed by atoms with Gasteiger partial charge in [-0.2, -0.15) is 0 Å². The van der Waals surface area contributed by atoms with Gasteiger partial charge in [-0.15, -0.1) is 0 Å². The number of aromatic nitrogens is 1. The molecule has 3 rings (SSSR count). The number of rotatable bonds is 9. The number of hydrogen-bond donors (Lipinski definition) is 2. The van der Waals surface area contributed by atoms with Gasteiger partial charge in [0.2, 0.25) is 5.43 Å². The lowest BCUT2D eigenvalue weighted by Gasteiger charge is -2.15. The largest absolute Gasteiger partial charge is 0.462 e. The average Bonchev–Trinajstić information content (AvgIpc) is 3.48. The Bertz CT molecular complexity index is 892. The van der Waals surface area contributed by atoms with Crippen LogP contribution in [0, 0.1) is 0 Å². The Morgan fingerprint density at radius 3 is 2.81 bits per heavy atom. The topological polar surface area (TPSA) is 89.8 Å². The van der Waals surface area contributed by atoms with E-state index in [-0.39, 0.29) is 36.9 Å². The summed E-state index contributed by atoms with van der Waals surface area (Å²) in [6, 6.07) is 3.69. The third-order valence-electron chi connectivity index (χ3n) is 4.35. The number of aliphatic hydroxyl groups is 1. The van der Waals surface area contributed by atoms with Gasteiger partial charge >= 0.3 is 5.97 Å². The van der Waals surface area contributed by atoms with Gasteiger partial charge in [-0.05, 0) is 31.9 Å². The molecule has 1 saturated carbocycles. The molecule has 7 nitrogen and oxygen atoms in total. The van der Waals surface area contributed by atoms with Crippen molar-refractivity contribution in [1.82, 2.24) is 4.57 Å². The van der Waals surface area contributed by atoms with Gasteiger partial charge in [-0.25, -0.2) is 4.79 Å². The Hall–Kier alpha value is -2.09. The fourth-order valence-corrected chi connectivity index (χ4v) is 3.16. The summed E-state index contributed by atoms with van der Waals surface area (Å²) in [4.78, 5) is 25.1. The number of carbonyl (C=O) groups excluding carboxylic acids is 1. The molecule has 2 aromatic rings. The van der Waals surface area contributed by atoms with Crippen LogP contribution in [0.4, 0.5) is 5.69 Å².